The van der Waals surface area contributed by atoms with Gasteiger partial charge in [-0.3, -0.25) is 0 Å². The molecule has 0 saturated carbocycles. The fourth-order valence-corrected chi connectivity index (χ4v) is 2.66. The molecule has 2 aromatic rings. The molecule has 0 aromatic heterocycles. The monoisotopic (exact) mass is 277 g/mol. The molecule has 3 rings (SSSR count). The summed E-state index contributed by atoms with van der Waals surface area (Å²) in [5.74, 6) is 0. The van der Waals surface area contributed by atoms with Crippen LogP contribution in [-0.4, -0.2) is 12.9 Å². The van der Waals surface area contributed by atoms with Gasteiger partial charge in [-0.05, 0) is 37.6 Å². The number of rotatable bonds is 3. The van der Waals surface area contributed by atoms with E-state index in [9.17, 15) is 0 Å². The summed E-state index contributed by atoms with van der Waals surface area (Å²) in [5.41, 5.74) is 12.3. The zero-order valence-electron chi connectivity index (χ0n) is 12.2. The van der Waals surface area contributed by atoms with Crippen LogP contribution in [0.1, 0.15) is 16.7 Å². The summed E-state index contributed by atoms with van der Waals surface area (Å²) in [7, 11) is 0. The predicted molar refractivity (Wildman–Crippen MR) is 90.0 cm³/mol. The van der Waals surface area contributed by atoms with E-state index in [1.165, 1.54) is 11.1 Å². The second kappa shape index (κ2) is 5.54. The lowest BCUT2D eigenvalue weighted by molar-refractivity contribution is 0.964. The number of nitrogens with zero attached hydrogens (tertiary/aromatic N) is 2. The third kappa shape index (κ3) is 2.48. The van der Waals surface area contributed by atoms with Crippen molar-refractivity contribution in [2.45, 2.75) is 13.3 Å². The van der Waals surface area contributed by atoms with Gasteiger partial charge >= 0.3 is 0 Å². The van der Waals surface area contributed by atoms with Crippen LogP contribution in [0.15, 0.2) is 54.0 Å². The highest BCUT2D eigenvalue weighted by Crippen LogP contribution is 2.35. The van der Waals surface area contributed by atoms with Crippen molar-refractivity contribution in [3.05, 3.63) is 65.7 Å². The second-order valence-corrected chi connectivity index (χ2v) is 5.25. The van der Waals surface area contributed by atoms with Crippen molar-refractivity contribution >= 4 is 23.4 Å². The molecule has 1 aliphatic heterocycles. The molecule has 3 heteroatoms. The lowest BCUT2D eigenvalue weighted by Gasteiger charge is -2.28. The van der Waals surface area contributed by atoms with E-state index >= 15 is 0 Å². The number of benzene rings is 2. The summed E-state index contributed by atoms with van der Waals surface area (Å²) < 4.78 is 0. The Morgan fingerprint density at radius 2 is 2.00 bits per heavy atom. The van der Waals surface area contributed by atoms with Crippen LogP contribution >= 0.6 is 0 Å². The molecule has 0 bridgehead atoms. The molecule has 3 nitrogen and oxygen atoms in total. The Morgan fingerprint density at radius 3 is 2.81 bits per heavy atom. The topological polar surface area (TPSA) is 41.6 Å². The smallest absolute Gasteiger partial charge is 0.100 e. The molecule has 1 aliphatic rings. The molecular weight excluding hydrogens is 258 g/mol. The quantitative estimate of drug-likeness (QED) is 0.930. The molecule has 2 aromatic carbocycles. The molecule has 1 heterocycles. The van der Waals surface area contributed by atoms with Crippen LogP contribution in [0.25, 0.3) is 5.70 Å². The van der Waals surface area contributed by atoms with Crippen molar-refractivity contribution in [3.8, 4) is 0 Å². The summed E-state index contributed by atoms with van der Waals surface area (Å²) in [6, 6.07) is 14.5. The highest BCUT2D eigenvalue weighted by molar-refractivity contribution is 6.03. The van der Waals surface area contributed by atoms with Crippen molar-refractivity contribution in [1.82, 2.24) is 0 Å². The Morgan fingerprint density at radius 1 is 1.19 bits per heavy atom. The van der Waals surface area contributed by atoms with E-state index in [0.29, 0.717) is 6.54 Å². The molecule has 0 amide bonds. The lowest BCUT2D eigenvalue weighted by atomic mass is 10.0. The number of hydrogen-bond donors (Lipinski definition) is 1. The SMILES string of the molecule is C=C1c2ccccc2N=CN1c1ccc(C)cc1CCN. The predicted octanol–water partition coefficient (Wildman–Crippen LogP) is 3.65. The van der Waals surface area contributed by atoms with Crippen molar-refractivity contribution in [2.75, 3.05) is 11.4 Å². The van der Waals surface area contributed by atoms with Gasteiger partial charge in [0.05, 0.1) is 11.4 Å². The number of fused-ring (bicyclic) bond motifs is 1. The number of aryl methyl sites for hydroxylation is 1. The minimum absolute atomic E-state index is 0.629. The van der Waals surface area contributed by atoms with Crippen LogP contribution in [0.2, 0.25) is 0 Å². The fraction of sp³-hybridized carbons (Fsp3) is 0.167. The van der Waals surface area contributed by atoms with E-state index in [1.807, 2.05) is 29.4 Å². The minimum Gasteiger partial charge on any atom is -0.330 e. The van der Waals surface area contributed by atoms with Crippen molar-refractivity contribution in [1.29, 1.82) is 0 Å². The Bertz CT molecular complexity index is 716. The first-order chi connectivity index (χ1) is 10.2. The Labute approximate surface area is 125 Å². The van der Waals surface area contributed by atoms with Gasteiger partial charge in [-0.15, -0.1) is 0 Å². The second-order valence-electron chi connectivity index (χ2n) is 5.25. The molecular formula is C18H19N3. The van der Waals surface area contributed by atoms with E-state index in [0.717, 1.165) is 29.1 Å². The molecule has 2 N–H and O–H groups in total. The van der Waals surface area contributed by atoms with Gasteiger partial charge in [0.1, 0.15) is 6.34 Å². The Balaban J connectivity index is 2.05. The molecule has 0 atom stereocenters. The van der Waals surface area contributed by atoms with Gasteiger partial charge in [0, 0.05) is 11.3 Å². The van der Waals surface area contributed by atoms with Crippen LogP contribution < -0.4 is 10.6 Å². The van der Waals surface area contributed by atoms with Gasteiger partial charge in [-0.1, -0.05) is 42.5 Å². The number of hydrogen-bond acceptors (Lipinski definition) is 3. The molecule has 0 fully saturated rings. The van der Waals surface area contributed by atoms with Gasteiger partial charge in [0.25, 0.3) is 0 Å². The van der Waals surface area contributed by atoms with Crippen LogP contribution in [0.3, 0.4) is 0 Å². The fourth-order valence-electron chi connectivity index (χ4n) is 2.66. The standard InChI is InChI=1S/C18H19N3/c1-13-7-8-18(15(11-13)9-10-19)21-12-20-17-6-4-3-5-16(17)14(21)2/h3-8,11-12H,2,9-10,19H2,1H3. The molecule has 0 radical (unpaired) electrons. The van der Waals surface area contributed by atoms with E-state index in [-0.39, 0.29) is 0 Å². The molecule has 0 aliphatic carbocycles. The third-order valence-corrected chi connectivity index (χ3v) is 3.73. The molecule has 0 saturated heterocycles. The Hall–Kier alpha value is -2.39. The Kier molecular flexibility index (Phi) is 3.59. The van der Waals surface area contributed by atoms with E-state index in [4.69, 9.17) is 5.73 Å². The number of anilines is 1. The average Bonchev–Trinajstić information content (AvgIpc) is 2.49. The van der Waals surface area contributed by atoms with Crippen molar-refractivity contribution in [2.24, 2.45) is 10.7 Å². The maximum Gasteiger partial charge on any atom is 0.100 e. The zero-order chi connectivity index (χ0) is 14.8. The normalized spacial score (nSPS) is 13.4. The largest absolute Gasteiger partial charge is 0.330 e. The maximum atomic E-state index is 5.75. The summed E-state index contributed by atoms with van der Waals surface area (Å²) in [5, 5.41) is 0. The van der Waals surface area contributed by atoms with E-state index in [2.05, 4.69) is 42.8 Å². The summed E-state index contributed by atoms with van der Waals surface area (Å²) in [6.07, 6.45) is 2.69. The number of para-hydroxylation sites is 1. The first-order valence-electron chi connectivity index (χ1n) is 7.12. The van der Waals surface area contributed by atoms with Crippen LogP contribution in [0.5, 0.6) is 0 Å². The maximum absolute atomic E-state index is 5.75. The molecule has 0 unspecified atom stereocenters. The zero-order valence-corrected chi connectivity index (χ0v) is 12.2. The number of nitrogens with two attached hydrogens (primary N) is 1. The third-order valence-electron chi connectivity index (χ3n) is 3.73. The molecule has 0 spiro atoms. The minimum atomic E-state index is 0.629. The van der Waals surface area contributed by atoms with Crippen LogP contribution in [0.4, 0.5) is 11.4 Å². The molecule has 106 valence electrons. The first kappa shape index (κ1) is 13.6. The van der Waals surface area contributed by atoms with E-state index in [1.54, 1.807) is 0 Å². The summed E-state index contributed by atoms with van der Waals surface area (Å²) in [4.78, 5) is 6.58. The summed E-state index contributed by atoms with van der Waals surface area (Å²) in [6.45, 7) is 6.97. The van der Waals surface area contributed by atoms with Gasteiger partial charge in [-0.25, -0.2) is 4.99 Å². The van der Waals surface area contributed by atoms with Crippen molar-refractivity contribution in [3.63, 3.8) is 0 Å². The number of aliphatic imine (C=N–C) groups is 1. The van der Waals surface area contributed by atoms with Crippen LogP contribution in [0, 0.1) is 6.92 Å². The average molecular weight is 277 g/mol. The first-order valence-corrected chi connectivity index (χ1v) is 7.12. The van der Waals surface area contributed by atoms with Gasteiger partial charge < -0.3 is 10.6 Å². The highest BCUT2D eigenvalue weighted by atomic mass is 15.2. The molecule has 21 heavy (non-hydrogen) atoms. The van der Waals surface area contributed by atoms with Gasteiger partial charge in [0.15, 0.2) is 0 Å². The highest BCUT2D eigenvalue weighted by Gasteiger charge is 2.19. The van der Waals surface area contributed by atoms with Gasteiger partial charge in [-0.2, -0.15) is 0 Å². The van der Waals surface area contributed by atoms with Crippen molar-refractivity contribution < 1.29 is 0 Å². The lowest BCUT2D eigenvalue weighted by Crippen LogP contribution is -2.23. The summed E-state index contributed by atoms with van der Waals surface area (Å²) >= 11 is 0. The van der Waals surface area contributed by atoms with Crippen LogP contribution in [-0.2, 0) is 6.42 Å². The van der Waals surface area contributed by atoms with Gasteiger partial charge in [0.2, 0.25) is 0 Å². The van der Waals surface area contributed by atoms with E-state index < -0.39 is 0 Å².